The van der Waals surface area contributed by atoms with Crippen molar-refractivity contribution in [3.63, 3.8) is 0 Å². The normalized spacial score (nSPS) is 15.1. The Kier molecular flexibility index (Phi) is 3.25. The van der Waals surface area contributed by atoms with E-state index in [0.717, 1.165) is 17.9 Å². The molecule has 0 amide bonds. The van der Waals surface area contributed by atoms with Crippen molar-refractivity contribution in [3.8, 4) is 0 Å². The molecule has 19 heavy (non-hydrogen) atoms. The molecule has 0 bridgehead atoms. The lowest BCUT2D eigenvalue weighted by Crippen LogP contribution is -2.25. The first-order valence-electron chi connectivity index (χ1n) is 6.53. The van der Waals surface area contributed by atoms with Crippen LogP contribution in [0.2, 0.25) is 0 Å². The number of para-hydroxylation sites is 1. The molecule has 1 heterocycles. The van der Waals surface area contributed by atoms with Gasteiger partial charge >= 0.3 is 0 Å². The molecule has 1 aromatic carbocycles. The number of anilines is 1. The number of hydrogen-bond acceptors (Lipinski definition) is 3. The van der Waals surface area contributed by atoms with Crippen LogP contribution >= 0.6 is 0 Å². The fourth-order valence-electron chi connectivity index (χ4n) is 2.29. The summed E-state index contributed by atoms with van der Waals surface area (Å²) in [6.45, 7) is 1.41. The largest absolute Gasteiger partial charge is 0.468 e. The number of hydrogen-bond donors (Lipinski definition) is 1. The van der Waals surface area contributed by atoms with Gasteiger partial charge in [0, 0.05) is 12.6 Å². The van der Waals surface area contributed by atoms with E-state index in [2.05, 4.69) is 4.90 Å². The van der Waals surface area contributed by atoms with Gasteiger partial charge in [-0.3, -0.25) is 4.90 Å². The Bertz CT molecular complexity index is 549. The molecule has 0 spiro atoms. The Morgan fingerprint density at radius 3 is 2.74 bits per heavy atom. The minimum atomic E-state index is -0.341. The van der Waals surface area contributed by atoms with Crippen molar-refractivity contribution in [2.45, 2.75) is 32.0 Å². The Hall–Kier alpha value is -1.81. The second-order valence-electron chi connectivity index (χ2n) is 5.03. The van der Waals surface area contributed by atoms with Crippen molar-refractivity contribution in [3.05, 3.63) is 53.7 Å². The zero-order valence-electron chi connectivity index (χ0n) is 10.7. The summed E-state index contributed by atoms with van der Waals surface area (Å²) in [4.78, 5) is 2.30. The summed E-state index contributed by atoms with van der Waals surface area (Å²) in [6.07, 6.45) is 4.06. The maximum absolute atomic E-state index is 13.5. The molecule has 1 aromatic heterocycles. The third kappa shape index (κ3) is 2.79. The molecule has 2 aromatic rings. The van der Waals surface area contributed by atoms with Crippen molar-refractivity contribution >= 4 is 5.69 Å². The lowest BCUT2D eigenvalue weighted by molar-refractivity contribution is 0.225. The SMILES string of the molecule is Nc1c(F)cccc1CN(Cc1ccco1)C1CC1. The summed E-state index contributed by atoms with van der Waals surface area (Å²) in [7, 11) is 0. The smallest absolute Gasteiger partial charge is 0.146 e. The van der Waals surface area contributed by atoms with E-state index in [1.165, 1.54) is 18.9 Å². The van der Waals surface area contributed by atoms with E-state index in [1.807, 2.05) is 18.2 Å². The number of furan rings is 1. The van der Waals surface area contributed by atoms with Crippen LogP contribution in [0, 0.1) is 5.82 Å². The molecule has 0 aliphatic heterocycles. The van der Waals surface area contributed by atoms with Crippen molar-refractivity contribution in [1.82, 2.24) is 4.90 Å². The molecule has 0 atom stereocenters. The van der Waals surface area contributed by atoms with E-state index < -0.39 is 0 Å². The summed E-state index contributed by atoms with van der Waals surface area (Å²) >= 11 is 0. The summed E-state index contributed by atoms with van der Waals surface area (Å²) < 4.78 is 18.8. The van der Waals surface area contributed by atoms with Crippen molar-refractivity contribution < 1.29 is 8.81 Å². The standard InChI is InChI=1S/C15H17FN2O/c16-14-5-1-3-11(15(14)17)9-18(12-6-7-12)10-13-4-2-8-19-13/h1-5,8,12H,6-7,9-10,17H2. The van der Waals surface area contributed by atoms with E-state index in [0.29, 0.717) is 12.6 Å². The van der Waals surface area contributed by atoms with Gasteiger partial charge in [0.1, 0.15) is 11.6 Å². The zero-order valence-corrected chi connectivity index (χ0v) is 10.7. The third-order valence-electron chi connectivity index (χ3n) is 3.52. The lowest BCUT2D eigenvalue weighted by atomic mass is 10.1. The maximum atomic E-state index is 13.5. The van der Waals surface area contributed by atoms with Gasteiger partial charge in [-0.25, -0.2) is 4.39 Å². The van der Waals surface area contributed by atoms with Crippen LogP contribution in [0.1, 0.15) is 24.2 Å². The molecule has 1 aliphatic rings. The molecule has 0 radical (unpaired) electrons. The molecule has 2 N–H and O–H groups in total. The number of halogens is 1. The van der Waals surface area contributed by atoms with Crippen LogP contribution in [0.4, 0.5) is 10.1 Å². The topological polar surface area (TPSA) is 42.4 Å². The Morgan fingerprint density at radius 2 is 2.05 bits per heavy atom. The number of nitrogens with zero attached hydrogens (tertiary/aromatic N) is 1. The number of nitrogen functional groups attached to an aromatic ring is 1. The lowest BCUT2D eigenvalue weighted by Gasteiger charge is -2.21. The van der Waals surface area contributed by atoms with Crippen molar-refractivity contribution in [2.75, 3.05) is 5.73 Å². The van der Waals surface area contributed by atoms with E-state index >= 15 is 0 Å². The van der Waals surface area contributed by atoms with Crippen molar-refractivity contribution in [1.29, 1.82) is 0 Å². The van der Waals surface area contributed by atoms with E-state index in [4.69, 9.17) is 10.2 Å². The number of benzene rings is 1. The highest BCUT2D eigenvalue weighted by Crippen LogP contribution is 2.31. The fraction of sp³-hybridized carbons (Fsp3) is 0.333. The molecular formula is C15H17FN2O. The van der Waals surface area contributed by atoms with Crippen LogP contribution in [0.5, 0.6) is 0 Å². The monoisotopic (exact) mass is 260 g/mol. The fourth-order valence-corrected chi connectivity index (χ4v) is 2.29. The van der Waals surface area contributed by atoms with Gasteiger partial charge in [0.05, 0.1) is 18.5 Å². The highest BCUT2D eigenvalue weighted by molar-refractivity contribution is 5.47. The average molecular weight is 260 g/mol. The molecule has 1 fully saturated rings. The van der Waals surface area contributed by atoms with Crippen LogP contribution < -0.4 is 5.73 Å². The van der Waals surface area contributed by atoms with Crippen LogP contribution in [-0.4, -0.2) is 10.9 Å². The number of nitrogens with two attached hydrogens (primary N) is 1. The van der Waals surface area contributed by atoms with E-state index in [1.54, 1.807) is 12.3 Å². The molecule has 3 nitrogen and oxygen atoms in total. The molecule has 1 aliphatic carbocycles. The molecule has 4 heteroatoms. The second-order valence-corrected chi connectivity index (χ2v) is 5.03. The van der Waals surface area contributed by atoms with Crippen LogP contribution in [0.3, 0.4) is 0 Å². The van der Waals surface area contributed by atoms with Gasteiger partial charge in [-0.2, -0.15) is 0 Å². The van der Waals surface area contributed by atoms with Crippen LogP contribution in [0.15, 0.2) is 41.0 Å². The summed E-state index contributed by atoms with van der Waals surface area (Å²) in [5.41, 5.74) is 6.90. The zero-order chi connectivity index (χ0) is 13.2. The molecule has 0 saturated heterocycles. The summed E-state index contributed by atoms with van der Waals surface area (Å²) in [6, 6.07) is 9.40. The van der Waals surface area contributed by atoms with Gasteiger partial charge in [0.2, 0.25) is 0 Å². The highest BCUT2D eigenvalue weighted by atomic mass is 19.1. The van der Waals surface area contributed by atoms with Gasteiger partial charge in [-0.1, -0.05) is 12.1 Å². The first-order chi connectivity index (χ1) is 9.24. The Balaban J connectivity index is 1.76. The molecule has 3 rings (SSSR count). The molecule has 0 unspecified atom stereocenters. The first kappa shape index (κ1) is 12.2. The highest BCUT2D eigenvalue weighted by Gasteiger charge is 2.30. The predicted molar refractivity (Wildman–Crippen MR) is 71.8 cm³/mol. The first-order valence-corrected chi connectivity index (χ1v) is 6.53. The Labute approximate surface area is 111 Å². The van der Waals surface area contributed by atoms with Crippen LogP contribution in [0.25, 0.3) is 0 Å². The molecule has 100 valence electrons. The second kappa shape index (κ2) is 5.05. The molecular weight excluding hydrogens is 243 g/mol. The van der Waals surface area contributed by atoms with Gasteiger partial charge < -0.3 is 10.2 Å². The predicted octanol–water partition coefficient (Wildman–Crippen LogP) is 3.17. The quantitative estimate of drug-likeness (QED) is 0.840. The third-order valence-corrected chi connectivity index (χ3v) is 3.52. The molecule has 1 saturated carbocycles. The minimum absolute atomic E-state index is 0.257. The van der Waals surface area contributed by atoms with Gasteiger partial charge in [-0.05, 0) is 36.6 Å². The number of rotatable bonds is 5. The van der Waals surface area contributed by atoms with Gasteiger partial charge in [0.15, 0.2) is 0 Å². The van der Waals surface area contributed by atoms with Crippen LogP contribution in [-0.2, 0) is 13.1 Å². The Morgan fingerprint density at radius 1 is 1.21 bits per heavy atom. The summed E-state index contributed by atoms with van der Waals surface area (Å²) in [5.74, 6) is 0.591. The van der Waals surface area contributed by atoms with Gasteiger partial charge in [0.25, 0.3) is 0 Å². The average Bonchev–Trinajstić information content (AvgIpc) is 3.13. The van der Waals surface area contributed by atoms with E-state index in [-0.39, 0.29) is 11.5 Å². The maximum Gasteiger partial charge on any atom is 0.146 e. The minimum Gasteiger partial charge on any atom is -0.468 e. The van der Waals surface area contributed by atoms with Gasteiger partial charge in [-0.15, -0.1) is 0 Å². The van der Waals surface area contributed by atoms with E-state index in [9.17, 15) is 4.39 Å². The summed E-state index contributed by atoms with van der Waals surface area (Å²) in [5, 5.41) is 0. The van der Waals surface area contributed by atoms with Crippen molar-refractivity contribution in [2.24, 2.45) is 0 Å².